The van der Waals surface area contributed by atoms with Crippen molar-refractivity contribution in [3.05, 3.63) is 29.6 Å². The summed E-state index contributed by atoms with van der Waals surface area (Å²) in [6.07, 6.45) is 8.47. The summed E-state index contributed by atoms with van der Waals surface area (Å²) in [6, 6.07) is 4.91. The average molecular weight is 232 g/mol. The summed E-state index contributed by atoms with van der Waals surface area (Å²) in [5.41, 5.74) is 2.61. The molecule has 1 saturated carbocycles. The van der Waals surface area contributed by atoms with Crippen molar-refractivity contribution in [2.45, 2.75) is 58.5 Å². The molecule has 0 amide bonds. The molecule has 2 atom stereocenters. The van der Waals surface area contributed by atoms with Gasteiger partial charge >= 0.3 is 0 Å². The number of rotatable bonds is 4. The number of hydrogen-bond acceptors (Lipinski definition) is 2. The molecule has 1 aliphatic rings. The lowest BCUT2D eigenvalue weighted by Gasteiger charge is -2.29. The summed E-state index contributed by atoms with van der Waals surface area (Å²) in [6.45, 7) is 5.50. The van der Waals surface area contributed by atoms with Crippen molar-refractivity contribution in [3.8, 4) is 0 Å². The van der Waals surface area contributed by atoms with E-state index >= 15 is 0 Å². The van der Waals surface area contributed by atoms with E-state index in [1.807, 2.05) is 12.3 Å². The topological polar surface area (TPSA) is 24.9 Å². The quantitative estimate of drug-likeness (QED) is 0.861. The molecule has 2 rings (SSSR count). The van der Waals surface area contributed by atoms with Crippen LogP contribution in [0.1, 0.15) is 50.8 Å². The predicted octanol–water partition coefficient (Wildman–Crippen LogP) is 3.31. The molecule has 1 aromatic heterocycles. The van der Waals surface area contributed by atoms with Gasteiger partial charge < -0.3 is 5.32 Å². The number of pyridine rings is 1. The standard InChI is InChI=1S/C15H24N2/c1-3-13-8-6-10-16-15(13)11-17-14-9-5-4-7-12(14)2/h6,8,10,12,14,17H,3-5,7,9,11H2,1-2H3. The fourth-order valence-corrected chi connectivity index (χ4v) is 2.80. The molecule has 1 N–H and O–H groups in total. The minimum atomic E-state index is 0.690. The molecule has 2 unspecified atom stereocenters. The Bertz CT molecular complexity index is 349. The first-order valence-electron chi connectivity index (χ1n) is 6.97. The number of nitrogens with one attached hydrogen (secondary N) is 1. The summed E-state index contributed by atoms with van der Waals surface area (Å²) in [7, 11) is 0. The lowest BCUT2D eigenvalue weighted by molar-refractivity contribution is 0.278. The van der Waals surface area contributed by atoms with E-state index in [4.69, 9.17) is 0 Å². The highest BCUT2D eigenvalue weighted by Gasteiger charge is 2.20. The van der Waals surface area contributed by atoms with Gasteiger partial charge in [-0.2, -0.15) is 0 Å². The molecular formula is C15H24N2. The van der Waals surface area contributed by atoms with Gasteiger partial charge in [-0.05, 0) is 36.8 Å². The van der Waals surface area contributed by atoms with Gasteiger partial charge in [0.05, 0.1) is 5.69 Å². The highest BCUT2D eigenvalue weighted by Crippen LogP contribution is 2.24. The zero-order valence-corrected chi connectivity index (χ0v) is 11.1. The van der Waals surface area contributed by atoms with E-state index in [1.54, 1.807) is 0 Å². The third-order valence-electron chi connectivity index (χ3n) is 4.01. The smallest absolute Gasteiger partial charge is 0.0573 e. The normalized spacial score (nSPS) is 24.8. The third-order valence-corrected chi connectivity index (χ3v) is 4.01. The van der Waals surface area contributed by atoms with E-state index in [2.05, 4.69) is 30.2 Å². The second-order valence-electron chi connectivity index (χ2n) is 5.21. The second kappa shape index (κ2) is 6.15. The Kier molecular flexibility index (Phi) is 4.55. The molecule has 1 fully saturated rings. The molecule has 1 heterocycles. The van der Waals surface area contributed by atoms with Crippen LogP contribution in [0.4, 0.5) is 0 Å². The Hall–Kier alpha value is -0.890. The van der Waals surface area contributed by atoms with Crippen molar-refractivity contribution in [1.29, 1.82) is 0 Å². The average Bonchev–Trinajstić information content (AvgIpc) is 2.38. The molecule has 0 radical (unpaired) electrons. The Morgan fingerprint density at radius 3 is 2.94 bits per heavy atom. The number of aromatic nitrogens is 1. The monoisotopic (exact) mass is 232 g/mol. The second-order valence-corrected chi connectivity index (χ2v) is 5.21. The Morgan fingerprint density at radius 1 is 1.35 bits per heavy atom. The van der Waals surface area contributed by atoms with E-state index in [0.29, 0.717) is 6.04 Å². The summed E-state index contributed by atoms with van der Waals surface area (Å²) < 4.78 is 0. The van der Waals surface area contributed by atoms with Crippen molar-refractivity contribution in [3.63, 3.8) is 0 Å². The fraction of sp³-hybridized carbons (Fsp3) is 0.667. The Labute approximate surface area is 105 Å². The predicted molar refractivity (Wildman–Crippen MR) is 71.9 cm³/mol. The summed E-state index contributed by atoms with van der Waals surface area (Å²) in [4.78, 5) is 4.50. The Morgan fingerprint density at radius 2 is 2.18 bits per heavy atom. The van der Waals surface area contributed by atoms with E-state index in [1.165, 1.54) is 36.9 Å². The van der Waals surface area contributed by atoms with Crippen LogP contribution in [0.3, 0.4) is 0 Å². The number of aryl methyl sites for hydroxylation is 1. The molecule has 0 aromatic carbocycles. The molecule has 94 valence electrons. The van der Waals surface area contributed by atoms with Gasteiger partial charge in [-0.1, -0.05) is 32.8 Å². The molecule has 17 heavy (non-hydrogen) atoms. The minimum absolute atomic E-state index is 0.690. The van der Waals surface area contributed by atoms with E-state index in [0.717, 1.165) is 18.9 Å². The molecule has 2 heteroatoms. The van der Waals surface area contributed by atoms with Gasteiger partial charge in [0, 0.05) is 18.8 Å². The SMILES string of the molecule is CCc1cccnc1CNC1CCCCC1C. The zero-order valence-electron chi connectivity index (χ0n) is 11.1. The molecule has 1 aliphatic carbocycles. The van der Waals surface area contributed by atoms with Crippen molar-refractivity contribution in [1.82, 2.24) is 10.3 Å². The first kappa shape index (κ1) is 12.6. The van der Waals surface area contributed by atoms with Crippen molar-refractivity contribution in [2.75, 3.05) is 0 Å². The lowest BCUT2D eigenvalue weighted by Crippen LogP contribution is -2.37. The van der Waals surface area contributed by atoms with Gasteiger partial charge in [-0.25, -0.2) is 0 Å². The molecule has 0 saturated heterocycles. The first-order chi connectivity index (χ1) is 8.31. The highest BCUT2D eigenvalue weighted by atomic mass is 14.9. The summed E-state index contributed by atoms with van der Waals surface area (Å²) in [5, 5.41) is 3.70. The van der Waals surface area contributed by atoms with Gasteiger partial charge in [-0.3, -0.25) is 4.98 Å². The molecule has 2 nitrogen and oxygen atoms in total. The van der Waals surface area contributed by atoms with Gasteiger partial charge in [0.25, 0.3) is 0 Å². The molecule has 1 aromatic rings. The van der Waals surface area contributed by atoms with Crippen LogP contribution in [0.2, 0.25) is 0 Å². The maximum absolute atomic E-state index is 4.50. The number of nitrogens with zero attached hydrogens (tertiary/aromatic N) is 1. The zero-order chi connectivity index (χ0) is 12.1. The molecule has 0 bridgehead atoms. The van der Waals surface area contributed by atoms with Crippen molar-refractivity contribution < 1.29 is 0 Å². The van der Waals surface area contributed by atoms with Gasteiger partial charge in [0.2, 0.25) is 0 Å². The van der Waals surface area contributed by atoms with Crippen molar-refractivity contribution >= 4 is 0 Å². The summed E-state index contributed by atoms with van der Waals surface area (Å²) >= 11 is 0. The van der Waals surface area contributed by atoms with E-state index in [-0.39, 0.29) is 0 Å². The van der Waals surface area contributed by atoms with Crippen LogP contribution in [-0.2, 0) is 13.0 Å². The van der Waals surface area contributed by atoms with Crippen LogP contribution in [0.25, 0.3) is 0 Å². The van der Waals surface area contributed by atoms with Crippen LogP contribution < -0.4 is 5.32 Å². The lowest BCUT2D eigenvalue weighted by atomic mass is 9.86. The maximum Gasteiger partial charge on any atom is 0.0573 e. The van der Waals surface area contributed by atoms with Crippen LogP contribution in [0.5, 0.6) is 0 Å². The highest BCUT2D eigenvalue weighted by molar-refractivity contribution is 5.19. The summed E-state index contributed by atoms with van der Waals surface area (Å²) in [5.74, 6) is 0.817. The third kappa shape index (κ3) is 3.29. The minimum Gasteiger partial charge on any atom is -0.308 e. The Balaban J connectivity index is 1.92. The largest absolute Gasteiger partial charge is 0.308 e. The van der Waals surface area contributed by atoms with Gasteiger partial charge in [0.15, 0.2) is 0 Å². The van der Waals surface area contributed by atoms with Crippen LogP contribution >= 0.6 is 0 Å². The van der Waals surface area contributed by atoms with Crippen LogP contribution in [0.15, 0.2) is 18.3 Å². The molecular weight excluding hydrogens is 208 g/mol. The fourth-order valence-electron chi connectivity index (χ4n) is 2.80. The van der Waals surface area contributed by atoms with Crippen LogP contribution in [-0.4, -0.2) is 11.0 Å². The van der Waals surface area contributed by atoms with Gasteiger partial charge in [0.1, 0.15) is 0 Å². The number of hydrogen-bond donors (Lipinski definition) is 1. The van der Waals surface area contributed by atoms with Crippen molar-refractivity contribution in [2.24, 2.45) is 5.92 Å². The molecule has 0 aliphatic heterocycles. The van der Waals surface area contributed by atoms with E-state index < -0.39 is 0 Å². The van der Waals surface area contributed by atoms with Crippen LogP contribution in [0, 0.1) is 5.92 Å². The molecule has 0 spiro atoms. The maximum atomic E-state index is 4.50. The first-order valence-corrected chi connectivity index (χ1v) is 6.97. The van der Waals surface area contributed by atoms with Gasteiger partial charge in [-0.15, -0.1) is 0 Å². The van der Waals surface area contributed by atoms with E-state index in [9.17, 15) is 0 Å².